The molecule has 0 radical (unpaired) electrons. The molecule has 0 bridgehead atoms. The van der Waals surface area contributed by atoms with E-state index in [1.807, 2.05) is 24.1 Å². The van der Waals surface area contributed by atoms with E-state index >= 15 is 0 Å². The van der Waals surface area contributed by atoms with Crippen molar-refractivity contribution in [3.63, 3.8) is 0 Å². The van der Waals surface area contributed by atoms with Crippen molar-refractivity contribution in [2.45, 2.75) is 39.0 Å². The van der Waals surface area contributed by atoms with Crippen LogP contribution in [0.2, 0.25) is 0 Å². The molecule has 1 saturated heterocycles. The van der Waals surface area contributed by atoms with E-state index in [-0.39, 0.29) is 5.91 Å². The predicted octanol–water partition coefficient (Wildman–Crippen LogP) is 3.10. The molecule has 0 N–H and O–H groups in total. The normalized spacial score (nSPS) is 18.5. The quantitative estimate of drug-likeness (QED) is 0.874. The van der Waals surface area contributed by atoms with Crippen LogP contribution in [-0.2, 0) is 11.2 Å². The van der Waals surface area contributed by atoms with Crippen LogP contribution in [0.3, 0.4) is 0 Å². The highest BCUT2D eigenvalue weighted by Crippen LogP contribution is 2.26. The molecule has 3 heterocycles. The number of carbonyl (C=O) groups is 1. The molecule has 22 heavy (non-hydrogen) atoms. The Balaban J connectivity index is 1.66. The van der Waals surface area contributed by atoms with E-state index in [2.05, 4.69) is 29.0 Å². The van der Waals surface area contributed by atoms with Crippen molar-refractivity contribution in [1.82, 2.24) is 14.9 Å². The molecule has 0 unspecified atom stereocenters. The van der Waals surface area contributed by atoms with Gasteiger partial charge in [-0.3, -0.25) is 4.79 Å². The van der Waals surface area contributed by atoms with Gasteiger partial charge in [-0.15, -0.1) is 11.3 Å². The largest absolute Gasteiger partial charge is 0.342 e. The number of nitrogens with zero attached hydrogens (tertiary/aromatic N) is 3. The molecule has 0 spiro atoms. The van der Waals surface area contributed by atoms with Gasteiger partial charge in [0.2, 0.25) is 5.91 Å². The van der Waals surface area contributed by atoms with Crippen LogP contribution in [0.5, 0.6) is 0 Å². The van der Waals surface area contributed by atoms with E-state index < -0.39 is 0 Å². The van der Waals surface area contributed by atoms with Gasteiger partial charge in [0.05, 0.1) is 6.42 Å². The predicted molar refractivity (Wildman–Crippen MR) is 88.1 cm³/mol. The minimum absolute atomic E-state index is 0.234. The Morgan fingerprint density at radius 1 is 1.36 bits per heavy atom. The number of aryl methyl sites for hydroxylation is 2. The van der Waals surface area contributed by atoms with Crippen LogP contribution in [-0.4, -0.2) is 33.9 Å². The van der Waals surface area contributed by atoms with Gasteiger partial charge in [0.1, 0.15) is 5.82 Å². The number of aromatic nitrogens is 2. The minimum Gasteiger partial charge on any atom is -0.342 e. The van der Waals surface area contributed by atoms with E-state index in [1.165, 1.54) is 4.88 Å². The van der Waals surface area contributed by atoms with Gasteiger partial charge in [-0.05, 0) is 44.9 Å². The average Bonchev–Trinajstić information content (AvgIpc) is 2.92. The van der Waals surface area contributed by atoms with Gasteiger partial charge in [0.15, 0.2) is 0 Å². The lowest BCUT2D eigenvalue weighted by Crippen LogP contribution is -2.40. The summed E-state index contributed by atoms with van der Waals surface area (Å²) >= 11 is 1.71. The van der Waals surface area contributed by atoms with Crippen molar-refractivity contribution >= 4 is 17.2 Å². The lowest BCUT2D eigenvalue weighted by molar-refractivity contribution is -0.131. The molecule has 2 aromatic heterocycles. The highest BCUT2D eigenvalue weighted by Gasteiger charge is 2.25. The molecule has 4 nitrogen and oxygen atoms in total. The molecule has 0 saturated carbocycles. The number of rotatable bonds is 3. The maximum absolute atomic E-state index is 12.5. The monoisotopic (exact) mass is 315 g/mol. The highest BCUT2D eigenvalue weighted by molar-refractivity contribution is 7.12. The highest BCUT2D eigenvalue weighted by atomic mass is 32.1. The second-order valence-corrected chi connectivity index (χ2v) is 7.27. The fourth-order valence-corrected chi connectivity index (χ4v) is 3.87. The SMILES string of the molecule is Cc1nccc([C@H]2CCCN(C(=O)Cc3ccc(C)s3)C2)n1. The Labute approximate surface area is 135 Å². The summed E-state index contributed by atoms with van der Waals surface area (Å²) in [6.45, 7) is 5.63. The first-order valence-corrected chi connectivity index (χ1v) is 8.56. The Bertz CT molecular complexity index is 667. The van der Waals surface area contributed by atoms with Gasteiger partial charge >= 0.3 is 0 Å². The summed E-state index contributed by atoms with van der Waals surface area (Å²) in [7, 11) is 0. The summed E-state index contributed by atoms with van der Waals surface area (Å²) in [4.78, 5) is 25.6. The second-order valence-electron chi connectivity index (χ2n) is 5.90. The summed E-state index contributed by atoms with van der Waals surface area (Å²) in [5, 5.41) is 0. The van der Waals surface area contributed by atoms with Crippen LogP contribution in [0.4, 0.5) is 0 Å². The summed E-state index contributed by atoms with van der Waals surface area (Å²) in [6, 6.07) is 6.12. The zero-order valence-electron chi connectivity index (χ0n) is 13.1. The molecule has 116 valence electrons. The van der Waals surface area contributed by atoms with Crippen LogP contribution in [0.1, 0.15) is 40.0 Å². The zero-order chi connectivity index (χ0) is 15.5. The second kappa shape index (κ2) is 6.57. The van der Waals surface area contributed by atoms with Crippen LogP contribution in [0.25, 0.3) is 0 Å². The fourth-order valence-electron chi connectivity index (χ4n) is 2.99. The number of hydrogen-bond acceptors (Lipinski definition) is 4. The molecule has 1 aliphatic rings. The maximum atomic E-state index is 12.5. The average molecular weight is 315 g/mol. The minimum atomic E-state index is 0.234. The number of piperidine rings is 1. The fraction of sp³-hybridized carbons (Fsp3) is 0.471. The van der Waals surface area contributed by atoms with Crippen molar-refractivity contribution in [2.75, 3.05) is 13.1 Å². The Morgan fingerprint density at radius 2 is 2.23 bits per heavy atom. The van der Waals surface area contributed by atoms with Crippen LogP contribution >= 0.6 is 11.3 Å². The van der Waals surface area contributed by atoms with E-state index in [0.29, 0.717) is 12.3 Å². The molecule has 1 amide bonds. The lowest BCUT2D eigenvalue weighted by Gasteiger charge is -2.32. The third-order valence-corrected chi connectivity index (χ3v) is 5.11. The van der Waals surface area contributed by atoms with Crippen LogP contribution in [0.15, 0.2) is 24.4 Å². The van der Waals surface area contributed by atoms with Gasteiger partial charge in [0, 0.05) is 40.7 Å². The summed E-state index contributed by atoms with van der Waals surface area (Å²) in [6.07, 6.45) is 4.47. The number of carbonyl (C=O) groups excluding carboxylic acids is 1. The number of amides is 1. The van der Waals surface area contributed by atoms with Crippen molar-refractivity contribution < 1.29 is 4.79 Å². The van der Waals surface area contributed by atoms with E-state index in [9.17, 15) is 4.79 Å². The smallest absolute Gasteiger partial charge is 0.227 e. The standard InChI is InChI=1S/C17H21N3OS/c1-12-5-6-15(22-12)10-17(21)20-9-3-4-14(11-20)16-7-8-18-13(2)19-16/h5-8,14H,3-4,9-11H2,1-2H3/t14-/m0/s1. The van der Waals surface area contributed by atoms with Crippen molar-refractivity contribution in [3.05, 3.63) is 45.7 Å². The Kier molecular flexibility index (Phi) is 4.52. The maximum Gasteiger partial charge on any atom is 0.227 e. The first-order valence-electron chi connectivity index (χ1n) is 7.74. The van der Waals surface area contributed by atoms with Crippen LogP contribution < -0.4 is 0 Å². The van der Waals surface area contributed by atoms with E-state index in [1.54, 1.807) is 11.3 Å². The molecular weight excluding hydrogens is 294 g/mol. The molecule has 3 rings (SSSR count). The molecule has 1 fully saturated rings. The Morgan fingerprint density at radius 3 is 2.95 bits per heavy atom. The first-order chi connectivity index (χ1) is 10.6. The van der Waals surface area contributed by atoms with Gasteiger partial charge in [0.25, 0.3) is 0 Å². The Hall–Kier alpha value is -1.75. The molecular formula is C17H21N3OS. The lowest BCUT2D eigenvalue weighted by atomic mass is 9.94. The van der Waals surface area contributed by atoms with Crippen molar-refractivity contribution in [3.8, 4) is 0 Å². The van der Waals surface area contributed by atoms with E-state index in [0.717, 1.165) is 42.3 Å². The topological polar surface area (TPSA) is 46.1 Å². The number of thiophene rings is 1. The molecule has 0 aliphatic carbocycles. The van der Waals surface area contributed by atoms with Crippen molar-refractivity contribution in [2.24, 2.45) is 0 Å². The molecule has 2 aromatic rings. The summed E-state index contributed by atoms with van der Waals surface area (Å²) in [5.41, 5.74) is 1.07. The third kappa shape index (κ3) is 3.53. The van der Waals surface area contributed by atoms with E-state index in [4.69, 9.17) is 0 Å². The molecule has 5 heteroatoms. The number of hydrogen-bond donors (Lipinski definition) is 0. The first kappa shape index (κ1) is 15.2. The third-order valence-electron chi connectivity index (χ3n) is 4.11. The molecule has 1 atom stereocenters. The van der Waals surface area contributed by atoms with Crippen LogP contribution in [0, 0.1) is 13.8 Å². The van der Waals surface area contributed by atoms with Gasteiger partial charge in [-0.1, -0.05) is 0 Å². The van der Waals surface area contributed by atoms with Gasteiger partial charge < -0.3 is 4.90 Å². The molecule has 1 aliphatic heterocycles. The zero-order valence-corrected chi connectivity index (χ0v) is 13.9. The van der Waals surface area contributed by atoms with Gasteiger partial charge in [-0.2, -0.15) is 0 Å². The molecule has 0 aromatic carbocycles. The van der Waals surface area contributed by atoms with Crippen molar-refractivity contribution in [1.29, 1.82) is 0 Å². The summed E-state index contributed by atoms with van der Waals surface area (Å²) in [5.74, 6) is 1.37. The number of likely N-dealkylation sites (tertiary alicyclic amines) is 1. The summed E-state index contributed by atoms with van der Waals surface area (Å²) < 4.78 is 0. The van der Waals surface area contributed by atoms with Gasteiger partial charge in [-0.25, -0.2) is 9.97 Å².